The summed E-state index contributed by atoms with van der Waals surface area (Å²) in [6.07, 6.45) is -1.06. The normalized spacial score (nSPS) is 21.8. The number of aliphatic hydroxyl groups is 1. The second-order valence-corrected chi connectivity index (χ2v) is 11.2. The average molecular weight is 557 g/mol. The number of para-hydroxylation sites is 1. The molecule has 206 valence electrons. The molecule has 11 heteroatoms. The summed E-state index contributed by atoms with van der Waals surface area (Å²) in [5.74, 6) is 0.295. The van der Waals surface area contributed by atoms with E-state index in [-0.39, 0.29) is 29.7 Å². The third kappa shape index (κ3) is 5.85. The Labute approximate surface area is 226 Å². The predicted octanol–water partition coefficient (Wildman–Crippen LogP) is 3.34. The van der Waals surface area contributed by atoms with Gasteiger partial charge in [0, 0.05) is 29.3 Å². The maximum absolute atomic E-state index is 13.2. The average Bonchev–Trinajstić information content (AvgIpc) is 3.29. The monoisotopic (exact) mass is 556 g/mol. The van der Waals surface area contributed by atoms with Crippen LogP contribution in [0.3, 0.4) is 0 Å². The van der Waals surface area contributed by atoms with Crippen LogP contribution in [0, 0.1) is 5.82 Å². The van der Waals surface area contributed by atoms with Gasteiger partial charge in [0.1, 0.15) is 29.5 Å². The van der Waals surface area contributed by atoms with Crippen LogP contribution in [0.25, 0.3) is 0 Å². The molecule has 5 rings (SSSR count). The van der Waals surface area contributed by atoms with Gasteiger partial charge in [-0.2, -0.15) is 0 Å². The summed E-state index contributed by atoms with van der Waals surface area (Å²) in [5.41, 5.74) is 1.93. The number of carbonyl (C=O) groups is 1. The van der Waals surface area contributed by atoms with Gasteiger partial charge < -0.3 is 24.6 Å². The highest BCUT2D eigenvalue weighted by atomic mass is 32.2. The second-order valence-electron chi connectivity index (χ2n) is 9.51. The summed E-state index contributed by atoms with van der Waals surface area (Å²) in [6, 6.07) is 16.9. The van der Waals surface area contributed by atoms with E-state index in [1.807, 2.05) is 24.3 Å². The van der Waals surface area contributed by atoms with Crippen LogP contribution in [0.1, 0.15) is 29.9 Å². The van der Waals surface area contributed by atoms with Crippen LogP contribution in [-0.2, 0) is 26.1 Å². The number of nitrogens with one attached hydrogen (secondary N) is 2. The van der Waals surface area contributed by atoms with Crippen molar-refractivity contribution >= 4 is 21.6 Å². The number of fused-ring (bicyclic) bond motifs is 3. The molecule has 3 aromatic rings. The van der Waals surface area contributed by atoms with Crippen molar-refractivity contribution in [2.75, 3.05) is 18.4 Å². The van der Waals surface area contributed by atoms with Gasteiger partial charge in [0.2, 0.25) is 5.91 Å². The highest BCUT2D eigenvalue weighted by molar-refractivity contribution is 7.92. The van der Waals surface area contributed by atoms with Gasteiger partial charge in [0.05, 0.1) is 31.1 Å². The van der Waals surface area contributed by atoms with Gasteiger partial charge in [0.15, 0.2) is 0 Å². The molecule has 2 aliphatic rings. The molecule has 2 heterocycles. The summed E-state index contributed by atoms with van der Waals surface area (Å²) in [4.78, 5) is 12.7. The minimum absolute atomic E-state index is 0.0656. The molecule has 1 saturated heterocycles. The molecule has 9 nitrogen and oxygen atoms in total. The summed E-state index contributed by atoms with van der Waals surface area (Å²) in [6.45, 7) is 0.00704. The summed E-state index contributed by atoms with van der Waals surface area (Å²) in [5, 5.41) is 12.9. The number of rotatable bonds is 9. The zero-order chi connectivity index (χ0) is 27.6. The first-order valence-corrected chi connectivity index (χ1v) is 14.0. The lowest BCUT2D eigenvalue weighted by Crippen LogP contribution is -2.47. The van der Waals surface area contributed by atoms with E-state index in [4.69, 9.17) is 14.2 Å². The maximum Gasteiger partial charge on any atom is 0.261 e. The summed E-state index contributed by atoms with van der Waals surface area (Å²) < 4.78 is 58.8. The molecule has 0 radical (unpaired) electrons. The van der Waals surface area contributed by atoms with Crippen molar-refractivity contribution in [3.63, 3.8) is 0 Å². The van der Waals surface area contributed by atoms with Crippen LogP contribution < -0.4 is 19.5 Å². The minimum atomic E-state index is -3.94. The SMILES string of the molecule is COc1ccccc1CNC(=O)C[C@H]1C[C@@H]2c3cc(NS(=O)(=O)c4ccc(F)cc4)ccc3O[C@@H]2[C@@H](CO)O1. The second kappa shape index (κ2) is 11.2. The molecule has 4 atom stereocenters. The third-order valence-corrected chi connectivity index (χ3v) is 8.35. The lowest BCUT2D eigenvalue weighted by Gasteiger charge is -2.37. The van der Waals surface area contributed by atoms with Gasteiger partial charge in [-0.05, 0) is 55.0 Å². The third-order valence-electron chi connectivity index (χ3n) is 6.96. The molecule has 1 amide bonds. The number of amides is 1. The summed E-state index contributed by atoms with van der Waals surface area (Å²) in [7, 11) is -2.37. The zero-order valence-corrected chi connectivity index (χ0v) is 22.0. The topological polar surface area (TPSA) is 123 Å². The van der Waals surface area contributed by atoms with E-state index in [2.05, 4.69) is 10.0 Å². The number of sulfonamides is 1. The summed E-state index contributed by atoms with van der Waals surface area (Å²) >= 11 is 0. The smallest absolute Gasteiger partial charge is 0.261 e. The number of carbonyl (C=O) groups excluding carboxylic acids is 1. The van der Waals surface area contributed by atoms with Gasteiger partial charge >= 0.3 is 0 Å². The van der Waals surface area contributed by atoms with Crippen molar-refractivity contribution in [1.82, 2.24) is 5.32 Å². The molecule has 0 spiro atoms. The van der Waals surface area contributed by atoms with Gasteiger partial charge in [-0.1, -0.05) is 18.2 Å². The Hall–Kier alpha value is -3.67. The molecule has 2 aliphatic heterocycles. The largest absolute Gasteiger partial charge is 0.496 e. The minimum Gasteiger partial charge on any atom is -0.496 e. The standard InChI is InChI=1S/C28H29FN2O7S/c1-36-24-5-3-2-4-17(24)15-30-27(33)14-20-13-23-22-12-19(8-11-25(22)38-28(23)26(16-32)37-20)31-39(34,35)21-9-6-18(29)7-10-21/h2-12,20,23,26,28,31-32H,13-16H2,1H3,(H,30,33)/t20-,23-,26-,28+/m1/s1. The fraction of sp³-hybridized carbons (Fsp3) is 0.321. The van der Waals surface area contributed by atoms with Crippen LogP contribution >= 0.6 is 0 Å². The number of anilines is 1. The van der Waals surface area contributed by atoms with Crippen molar-refractivity contribution in [2.24, 2.45) is 0 Å². The molecule has 1 fully saturated rings. The van der Waals surface area contributed by atoms with Gasteiger partial charge in [-0.25, -0.2) is 12.8 Å². The van der Waals surface area contributed by atoms with Crippen molar-refractivity contribution in [3.05, 3.63) is 83.7 Å². The first-order valence-electron chi connectivity index (χ1n) is 12.5. The molecule has 0 aliphatic carbocycles. The Bertz CT molecular complexity index is 1450. The molecule has 0 aromatic heterocycles. The zero-order valence-electron chi connectivity index (χ0n) is 21.2. The van der Waals surface area contributed by atoms with Gasteiger partial charge in [-0.15, -0.1) is 0 Å². The number of aliphatic hydroxyl groups excluding tert-OH is 1. The Morgan fingerprint density at radius 1 is 1.13 bits per heavy atom. The number of benzene rings is 3. The molecule has 0 unspecified atom stereocenters. The number of methoxy groups -OCH3 is 1. The molecular formula is C28H29FN2O7S. The fourth-order valence-electron chi connectivity index (χ4n) is 5.10. The van der Waals surface area contributed by atoms with Crippen molar-refractivity contribution in [2.45, 2.75) is 48.5 Å². The highest BCUT2D eigenvalue weighted by Crippen LogP contribution is 2.47. The Balaban J connectivity index is 1.28. The molecular weight excluding hydrogens is 527 g/mol. The van der Waals surface area contributed by atoms with Crippen molar-refractivity contribution in [1.29, 1.82) is 0 Å². The quantitative estimate of drug-likeness (QED) is 0.370. The van der Waals surface area contributed by atoms with Crippen LogP contribution in [0.4, 0.5) is 10.1 Å². The lowest BCUT2D eigenvalue weighted by atomic mass is 9.84. The van der Waals surface area contributed by atoms with E-state index in [0.29, 0.717) is 30.2 Å². The van der Waals surface area contributed by atoms with Crippen molar-refractivity contribution < 1.29 is 36.9 Å². The van der Waals surface area contributed by atoms with E-state index in [0.717, 1.165) is 23.3 Å². The molecule has 39 heavy (non-hydrogen) atoms. The number of halogens is 1. The van der Waals surface area contributed by atoms with E-state index >= 15 is 0 Å². The fourth-order valence-corrected chi connectivity index (χ4v) is 6.15. The van der Waals surface area contributed by atoms with Crippen LogP contribution in [0.5, 0.6) is 11.5 Å². The van der Waals surface area contributed by atoms with E-state index < -0.39 is 34.2 Å². The van der Waals surface area contributed by atoms with E-state index in [9.17, 15) is 22.7 Å². The molecule has 0 saturated carbocycles. The molecule has 3 N–H and O–H groups in total. The Morgan fingerprint density at radius 2 is 1.90 bits per heavy atom. The first kappa shape index (κ1) is 26.9. The maximum atomic E-state index is 13.2. The van der Waals surface area contributed by atoms with Crippen molar-refractivity contribution in [3.8, 4) is 11.5 Å². The van der Waals surface area contributed by atoms with Crippen LogP contribution in [-0.4, -0.2) is 51.5 Å². The van der Waals surface area contributed by atoms with Crippen LogP contribution in [0.15, 0.2) is 71.6 Å². The first-order chi connectivity index (χ1) is 18.8. The van der Waals surface area contributed by atoms with E-state index in [1.165, 1.54) is 12.1 Å². The Morgan fingerprint density at radius 3 is 2.64 bits per heavy atom. The van der Waals surface area contributed by atoms with E-state index in [1.54, 1.807) is 25.3 Å². The highest BCUT2D eigenvalue weighted by Gasteiger charge is 2.46. The predicted molar refractivity (Wildman–Crippen MR) is 141 cm³/mol. The van der Waals surface area contributed by atoms with Crippen LogP contribution in [0.2, 0.25) is 0 Å². The Kier molecular flexibility index (Phi) is 7.74. The molecule has 3 aromatic carbocycles. The van der Waals surface area contributed by atoms with Gasteiger partial charge in [-0.3, -0.25) is 9.52 Å². The number of hydrogen-bond donors (Lipinski definition) is 3. The number of hydrogen-bond acceptors (Lipinski definition) is 7. The van der Waals surface area contributed by atoms with Gasteiger partial charge in [0.25, 0.3) is 10.0 Å². The molecule has 0 bridgehead atoms. The lowest BCUT2D eigenvalue weighted by molar-refractivity contribution is -0.142. The number of ether oxygens (including phenoxy) is 3.